The highest BCUT2D eigenvalue weighted by Crippen LogP contribution is 1.61. The smallest absolute Gasteiger partial charge is 0.276 e. The predicted octanol–water partition coefficient (Wildman–Crippen LogP) is -0.796. The number of hydrogen-bond acceptors (Lipinski definition) is 4. The molecule has 0 fully saturated rings. The molecule has 0 saturated carbocycles. The van der Waals surface area contributed by atoms with Gasteiger partial charge in [-0.3, -0.25) is 0 Å². The lowest BCUT2D eigenvalue weighted by Crippen LogP contribution is -1.79. The fourth-order valence-corrected chi connectivity index (χ4v) is 0.0552. The van der Waals surface area contributed by atoms with Gasteiger partial charge in [0.1, 0.15) is 0 Å². The molecular formula is C2H3NO3. The number of rotatable bonds is 2. The van der Waals surface area contributed by atoms with Gasteiger partial charge in [-0.2, -0.15) is 0 Å². The van der Waals surface area contributed by atoms with E-state index in [2.05, 4.69) is 9.99 Å². The second-order valence-electron chi connectivity index (χ2n) is 0.441. The van der Waals surface area contributed by atoms with Gasteiger partial charge in [0.25, 0.3) is 6.08 Å². The van der Waals surface area contributed by atoms with Crippen LogP contribution < -0.4 is 0 Å². The van der Waals surface area contributed by atoms with Crippen LogP contribution in [0.4, 0.5) is 0 Å². The average molecular weight is 89.0 g/mol. The van der Waals surface area contributed by atoms with E-state index in [1.54, 1.807) is 0 Å². The summed E-state index contributed by atoms with van der Waals surface area (Å²) >= 11 is 0. The van der Waals surface area contributed by atoms with Gasteiger partial charge in [0, 0.05) is 5.16 Å². The largest absolute Gasteiger partial charge is 0.359 e. The molecule has 0 aliphatic carbocycles. The minimum Gasteiger partial charge on any atom is -0.359 e. The van der Waals surface area contributed by atoms with E-state index in [9.17, 15) is 0 Å². The highest BCUT2D eigenvalue weighted by Gasteiger charge is 1.62. The van der Waals surface area contributed by atoms with Gasteiger partial charge in [0.2, 0.25) is 6.79 Å². The van der Waals surface area contributed by atoms with Crippen LogP contribution in [0.1, 0.15) is 0 Å². The van der Waals surface area contributed by atoms with Gasteiger partial charge in [-0.05, 0) is 0 Å². The first kappa shape index (κ1) is 5.14. The number of carbonyl (C=O) groups excluding carboxylic acids is 1. The Hall–Kier alpha value is -0.860. The third-order valence-electron chi connectivity index (χ3n) is 0.160. The molecule has 0 bridgehead atoms. The van der Waals surface area contributed by atoms with Crippen molar-refractivity contribution in [1.29, 1.82) is 0 Å². The summed E-state index contributed by atoms with van der Waals surface area (Å²) in [6, 6.07) is 0. The zero-order chi connectivity index (χ0) is 4.83. The molecular weight excluding hydrogens is 86.0 g/mol. The molecule has 0 amide bonds. The van der Waals surface area contributed by atoms with E-state index >= 15 is 0 Å². The molecule has 4 nitrogen and oxygen atoms in total. The molecule has 0 aliphatic heterocycles. The maximum atomic E-state index is 9.04. The quantitative estimate of drug-likeness (QED) is 0.208. The Kier molecular flexibility index (Phi) is 3.55. The van der Waals surface area contributed by atoms with E-state index in [0.29, 0.717) is 0 Å². The fourth-order valence-electron chi connectivity index (χ4n) is 0.0552. The molecule has 0 aromatic heterocycles. The Morgan fingerprint density at radius 3 is 2.83 bits per heavy atom. The SMILES string of the molecule is O=C=NOCO. The molecule has 0 heterocycles. The second kappa shape index (κ2) is 4.14. The van der Waals surface area contributed by atoms with Crippen LogP contribution in [0.15, 0.2) is 5.16 Å². The van der Waals surface area contributed by atoms with E-state index < -0.39 is 6.79 Å². The Balaban J connectivity index is 2.86. The van der Waals surface area contributed by atoms with Gasteiger partial charge in [-0.15, -0.1) is 0 Å². The normalized spacial score (nSPS) is 6.17. The van der Waals surface area contributed by atoms with Gasteiger partial charge in [0.15, 0.2) is 0 Å². The first-order valence-corrected chi connectivity index (χ1v) is 1.22. The van der Waals surface area contributed by atoms with Gasteiger partial charge in [0.05, 0.1) is 0 Å². The molecule has 0 aliphatic rings. The monoisotopic (exact) mass is 89.0 g/mol. The molecule has 0 aromatic rings. The molecule has 0 radical (unpaired) electrons. The molecule has 0 atom stereocenters. The topological polar surface area (TPSA) is 58.9 Å². The molecule has 0 aromatic carbocycles. The van der Waals surface area contributed by atoms with Crippen LogP contribution in [0.2, 0.25) is 0 Å². The number of aliphatic hydroxyl groups is 1. The van der Waals surface area contributed by atoms with Gasteiger partial charge < -0.3 is 9.94 Å². The minimum absolute atomic E-state index is 0.574. The molecule has 34 valence electrons. The Bertz CT molecular complexity index is 65.2. The van der Waals surface area contributed by atoms with Crippen LogP contribution in [0.5, 0.6) is 0 Å². The van der Waals surface area contributed by atoms with Crippen LogP contribution in [-0.4, -0.2) is 18.0 Å². The van der Waals surface area contributed by atoms with Crippen LogP contribution in [-0.2, 0) is 9.63 Å². The van der Waals surface area contributed by atoms with Crippen molar-refractivity contribution in [3.05, 3.63) is 0 Å². The Morgan fingerprint density at radius 1 is 2.00 bits per heavy atom. The molecule has 0 saturated heterocycles. The first-order chi connectivity index (χ1) is 2.91. The van der Waals surface area contributed by atoms with E-state index in [0.717, 1.165) is 6.08 Å². The summed E-state index contributed by atoms with van der Waals surface area (Å²) in [5.41, 5.74) is 0. The number of isocyanates is 1. The van der Waals surface area contributed by atoms with Crippen molar-refractivity contribution in [3.8, 4) is 0 Å². The Labute approximate surface area is 34.0 Å². The number of aliphatic hydroxyl groups excluding tert-OH is 1. The summed E-state index contributed by atoms with van der Waals surface area (Å²) < 4.78 is 0. The van der Waals surface area contributed by atoms with Crippen LogP contribution in [0.3, 0.4) is 0 Å². The standard InChI is InChI=1S/C2H3NO3/c4-1-3-6-2-5/h5H,2H2. The van der Waals surface area contributed by atoms with Crippen LogP contribution in [0, 0.1) is 0 Å². The average Bonchev–Trinajstić information content (AvgIpc) is 1.61. The third kappa shape index (κ3) is 3.14. The lowest BCUT2D eigenvalue weighted by Gasteiger charge is -1.79. The predicted molar refractivity (Wildman–Crippen MR) is 16.3 cm³/mol. The van der Waals surface area contributed by atoms with E-state index in [1.165, 1.54) is 0 Å². The fraction of sp³-hybridized carbons (Fsp3) is 0.500. The van der Waals surface area contributed by atoms with Crippen LogP contribution in [0.25, 0.3) is 0 Å². The highest BCUT2D eigenvalue weighted by molar-refractivity contribution is 5.31. The zero-order valence-electron chi connectivity index (χ0n) is 2.92. The molecule has 0 unspecified atom stereocenters. The molecule has 1 N–H and O–H groups in total. The first-order valence-electron chi connectivity index (χ1n) is 1.22. The summed E-state index contributed by atoms with van der Waals surface area (Å²) in [4.78, 5) is 12.8. The van der Waals surface area contributed by atoms with Crippen molar-refractivity contribution in [2.24, 2.45) is 5.16 Å². The minimum atomic E-state index is -0.574. The second-order valence-corrected chi connectivity index (χ2v) is 0.441. The van der Waals surface area contributed by atoms with Crippen molar-refractivity contribution in [3.63, 3.8) is 0 Å². The van der Waals surface area contributed by atoms with E-state index in [-0.39, 0.29) is 0 Å². The van der Waals surface area contributed by atoms with Gasteiger partial charge in [-0.1, -0.05) is 0 Å². The maximum Gasteiger partial charge on any atom is 0.276 e. The zero-order valence-corrected chi connectivity index (χ0v) is 2.92. The summed E-state index contributed by atoms with van der Waals surface area (Å²) in [5, 5.41) is 10.2. The van der Waals surface area contributed by atoms with Gasteiger partial charge >= 0.3 is 0 Å². The number of hydrogen-bond donors (Lipinski definition) is 1. The molecule has 4 heteroatoms. The van der Waals surface area contributed by atoms with Crippen molar-refractivity contribution < 1.29 is 14.7 Å². The number of nitrogens with zero attached hydrogens (tertiary/aromatic N) is 1. The van der Waals surface area contributed by atoms with Crippen molar-refractivity contribution in [2.45, 2.75) is 0 Å². The Morgan fingerprint density at radius 2 is 2.67 bits per heavy atom. The van der Waals surface area contributed by atoms with Crippen molar-refractivity contribution >= 4 is 6.08 Å². The van der Waals surface area contributed by atoms with Crippen LogP contribution >= 0.6 is 0 Å². The molecule has 6 heavy (non-hydrogen) atoms. The third-order valence-corrected chi connectivity index (χ3v) is 0.160. The summed E-state index contributed by atoms with van der Waals surface area (Å²) in [5.74, 6) is 0. The van der Waals surface area contributed by atoms with E-state index in [1.807, 2.05) is 0 Å². The lowest BCUT2D eigenvalue weighted by atomic mass is 11.5. The summed E-state index contributed by atoms with van der Waals surface area (Å²) in [6.45, 7) is -0.574. The van der Waals surface area contributed by atoms with Crippen molar-refractivity contribution in [1.82, 2.24) is 0 Å². The molecule has 0 spiro atoms. The van der Waals surface area contributed by atoms with Gasteiger partial charge in [-0.25, -0.2) is 4.79 Å². The lowest BCUT2D eigenvalue weighted by molar-refractivity contribution is 0.00183. The summed E-state index contributed by atoms with van der Waals surface area (Å²) in [6.07, 6.45) is 1.06. The maximum absolute atomic E-state index is 9.04. The van der Waals surface area contributed by atoms with Crippen molar-refractivity contribution in [2.75, 3.05) is 6.79 Å². The van der Waals surface area contributed by atoms with E-state index in [4.69, 9.17) is 9.90 Å². The summed E-state index contributed by atoms with van der Waals surface area (Å²) in [7, 11) is 0. The molecule has 0 rings (SSSR count). The highest BCUT2D eigenvalue weighted by atomic mass is 16.7.